The zero-order chi connectivity index (χ0) is 22.2. The van der Waals surface area contributed by atoms with Crippen molar-refractivity contribution in [1.82, 2.24) is 20.6 Å². The monoisotopic (exact) mass is 413 g/mol. The van der Waals surface area contributed by atoms with Crippen molar-refractivity contribution in [2.45, 2.75) is 13.8 Å². The van der Waals surface area contributed by atoms with Crippen LogP contribution in [0.4, 0.5) is 0 Å². The van der Waals surface area contributed by atoms with Crippen LogP contribution in [0.5, 0.6) is 0 Å². The second-order valence-corrected chi connectivity index (χ2v) is 6.51. The molecular formula is C25H27N5O. The Morgan fingerprint density at radius 2 is 1.58 bits per heavy atom. The minimum atomic E-state index is -0.262. The molecule has 31 heavy (non-hydrogen) atoms. The van der Waals surface area contributed by atoms with Crippen LogP contribution in [0.3, 0.4) is 0 Å². The topological polar surface area (TPSA) is 82.2 Å². The van der Waals surface area contributed by atoms with Crippen molar-refractivity contribution >= 4 is 22.9 Å². The molecule has 158 valence electrons. The number of nitrogens with zero attached hydrogens (tertiary/aromatic N) is 2. The van der Waals surface area contributed by atoms with E-state index in [4.69, 9.17) is 4.98 Å². The molecule has 1 aromatic heterocycles. The Morgan fingerprint density at radius 1 is 0.903 bits per heavy atom. The van der Waals surface area contributed by atoms with Gasteiger partial charge in [-0.05, 0) is 29.3 Å². The van der Waals surface area contributed by atoms with Gasteiger partial charge in [0.25, 0.3) is 5.91 Å². The molecule has 3 aromatic carbocycles. The first-order chi connectivity index (χ1) is 15.2. The predicted octanol–water partition coefficient (Wildman–Crippen LogP) is 4.86. The average molecular weight is 414 g/mol. The molecule has 1 amide bonds. The maximum Gasteiger partial charge on any atom is 0.260 e. The number of nitrogens with one attached hydrogen (secondary N) is 3. The first-order valence-electron chi connectivity index (χ1n) is 10.3. The summed E-state index contributed by atoms with van der Waals surface area (Å²) < 4.78 is 0. The fourth-order valence-corrected chi connectivity index (χ4v) is 3.23. The number of aromatic amines is 1. The number of amides is 1. The molecule has 0 aliphatic carbocycles. The fourth-order valence-electron chi connectivity index (χ4n) is 3.23. The zero-order valence-corrected chi connectivity index (χ0v) is 18.2. The van der Waals surface area contributed by atoms with Gasteiger partial charge in [-0.3, -0.25) is 15.1 Å². The van der Waals surface area contributed by atoms with Gasteiger partial charge < -0.3 is 10.3 Å². The zero-order valence-electron chi connectivity index (χ0n) is 18.2. The van der Waals surface area contributed by atoms with Crippen molar-refractivity contribution in [3.8, 4) is 22.5 Å². The summed E-state index contributed by atoms with van der Waals surface area (Å²) in [6.45, 7) is 4.00. The van der Waals surface area contributed by atoms with E-state index in [0.717, 1.165) is 28.0 Å². The smallest absolute Gasteiger partial charge is 0.260 e. The van der Waals surface area contributed by atoms with Crippen molar-refractivity contribution in [3.63, 3.8) is 0 Å². The number of rotatable bonds is 3. The van der Waals surface area contributed by atoms with Crippen LogP contribution in [-0.2, 0) is 0 Å². The molecule has 0 aliphatic rings. The Labute approximate surface area is 182 Å². The van der Waals surface area contributed by atoms with E-state index in [1.54, 1.807) is 20.2 Å². The number of aromatic nitrogens is 2. The highest BCUT2D eigenvalue weighted by atomic mass is 16.1. The number of hydrogen-bond donors (Lipinski definition) is 3. The summed E-state index contributed by atoms with van der Waals surface area (Å²) >= 11 is 0. The summed E-state index contributed by atoms with van der Waals surface area (Å²) in [6.07, 6.45) is 0. The minimum Gasteiger partial charge on any atom is -0.359 e. The molecule has 0 atom stereocenters. The molecule has 4 aromatic rings. The highest BCUT2D eigenvalue weighted by molar-refractivity contribution is 6.11. The molecule has 0 saturated carbocycles. The molecule has 0 radical (unpaired) electrons. The molecular weight excluding hydrogens is 386 g/mol. The van der Waals surface area contributed by atoms with Crippen molar-refractivity contribution in [3.05, 3.63) is 78.4 Å². The van der Waals surface area contributed by atoms with Gasteiger partial charge in [-0.25, -0.2) is 4.98 Å². The number of benzene rings is 3. The number of guanidine groups is 1. The van der Waals surface area contributed by atoms with Gasteiger partial charge in [-0.1, -0.05) is 68.4 Å². The number of carbonyl (C=O) groups excluding carboxylic acids is 1. The Morgan fingerprint density at radius 3 is 2.29 bits per heavy atom. The molecule has 0 fully saturated rings. The van der Waals surface area contributed by atoms with Crippen molar-refractivity contribution in [2.75, 3.05) is 14.1 Å². The Hall–Kier alpha value is -3.93. The molecule has 6 nitrogen and oxygen atoms in total. The predicted molar refractivity (Wildman–Crippen MR) is 128 cm³/mol. The van der Waals surface area contributed by atoms with Crippen LogP contribution in [0, 0.1) is 0 Å². The third-order valence-corrected chi connectivity index (χ3v) is 4.69. The Kier molecular flexibility index (Phi) is 7.17. The van der Waals surface area contributed by atoms with Crippen LogP contribution in [0.15, 0.2) is 77.8 Å². The van der Waals surface area contributed by atoms with Gasteiger partial charge in [0.2, 0.25) is 0 Å². The Balaban J connectivity index is 0.00000132. The van der Waals surface area contributed by atoms with E-state index in [0.29, 0.717) is 17.0 Å². The molecule has 1 heterocycles. The summed E-state index contributed by atoms with van der Waals surface area (Å²) in [5, 5.41) is 5.59. The van der Waals surface area contributed by atoms with Crippen LogP contribution < -0.4 is 10.6 Å². The molecule has 6 heteroatoms. The number of para-hydroxylation sites is 1. The number of H-pyrrole nitrogens is 1. The van der Waals surface area contributed by atoms with E-state index in [1.165, 1.54) is 0 Å². The van der Waals surface area contributed by atoms with E-state index in [1.807, 2.05) is 56.3 Å². The van der Waals surface area contributed by atoms with Crippen LogP contribution in [0.25, 0.3) is 33.5 Å². The van der Waals surface area contributed by atoms with Crippen LogP contribution in [0.1, 0.15) is 24.2 Å². The van der Waals surface area contributed by atoms with Gasteiger partial charge in [0, 0.05) is 19.7 Å². The lowest BCUT2D eigenvalue weighted by Crippen LogP contribution is -2.39. The summed E-state index contributed by atoms with van der Waals surface area (Å²) in [5.74, 6) is 0.857. The lowest BCUT2D eigenvalue weighted by molar-refractivity contribution is 0.0977. The van der Waals surface area contributed by atoms with Crippen molar-refractivity contribution in [1.29, 1.82) is 0 Å². The van der Waals surface area contributed by atoms with Gasteiger partial charge in [-0.15, -0.1) is 0 Å². The lowest BCUT2D eigenvalue weighted by Gasteiger charge is -2.07. The van der Waals surface area contributed by atoms with E-state index in [9.17, 15) is 4.79 Å². The van der Waals surface area contributed by atoms with Gasteiger partial charge in [0.15, 0.2) is 5.96 Å². The summed E-state index contributed by atoms with van der Waals surface area (Å²) in [6, 6.07) is 23.9. The van der Waals surface area contributed by atoms with Gasteiger partial charge in [0.05, 0.1) is 11.1 Å². The van der Waals surface area contributed by atoms with Crippen LogP contribution in [0.2, 0.25) is 0 Å². The minimum absolute atomic E-state index is 0.262. The van der Waals surface area contributed by atoms with Gasteiger partial charge in [0.1, 0.15) is 11.3 Å². The quantitative estimate of drug-likeness (QED) is 0.331. The lowest BCUT2D eigenvalue weighted by atomic mass is 10.0. The molecule has 0 unspecified atom stereocenters. The second kappa shape index (κ2) is 10.2. The van der Waals surface area contributed by atoms with Crippen LogP contribution in [-0.4, -0.2) is 35.9 Å². The van der Waals surface area contributed by atoms with E-state index in [2.05, 4.69) is 44.9 Å². The first kappa shape index (κ1) is 21.8. The number of aliphatic imine (C=N–C) groups is 1. The number of hydrogen-bond acceptors (Lipinski definition) is 3. The normalized spacial score (nSPS) is 10.9. The van der Waals surface area contributed by atoms with Crippen LogP contribution >= 0.6 is 0 Å². The largest absolute Gasteiger partial charge is 0.359 e. The third-order valence-electron chi connectivity index (χ3n) is 4.69. The number of fused-ring (bicyclic) bond motifs is 1. The standard InChI is InChI=1S/C23H21N5O.C2H6/c1-24-23(25-2)28-22(29)18-12-7-13-19-20(18)27-21(26-19)17-11-6-10-16(14-17)15-8-4-3-5-9-15;1-2/h3-14H,1-2H3,(H,26,27)(H2,24,25,28,29);1-2H3. The average Bonchev–Trinajstić information content (AvgIpc) is 3.29. The molecule has 0 spiro atoms. The summed E-state index contributed by atoms with van der Waals surface area (Å²) in [7, 11) is 3.31. The SMILES string of the molecule is CC.CN=C(NC)NC(=O)c1cccc2[nH]c(-c3cccc(-c4ccccc4)c3)nc12. The third kappa shape index (κ3) is 4.80. The number of carbonyl (C=O) groups is 1. The van der Waals surface area contributed by atoms with E-state index in [-0.39, 0.29) is 5.91 Å². The van der Waals surface area contributed by atoms with E-state index >= 15 is 0 Å². The Bertz CT molecular complexity index is 1200. The number of imidazole rings is 1. The van der Waals surface area contributed by atoms with E-state index < -0.39 is 0 Å². The van der Waals surface area contributed by atoms with Crippen molar-refractivity contribution < 1.29 is 4.79 Å². The highest BCUT2D eigenvalue weighted by Crippen LogP contribution is 2.27. The fraction of sp³-hybridized carbons (Fsp3) is 0.160. The molecule has 4 rings (SSSR count). The van der Waals surface area contributed by atoms with Gasteiger partial charge >= 0.3 is 0 Å². The summed E-state index contributed by atoms with van der Waals surface area (Å²) in [4.78, 5) is 24.7. The molecule has 0 bridgehead atoms. The maximum atomic E-state index is 12.7. The highest BCUT2D eigenvalue weighted by Gasteiger charge is 2.15. The second-order valence-electron chi connectivity index (χ2n) is 6.51. The molecule has 0 saturated heterocycles. The van der Waals surface area contributed by atoms with Crippen molar-refractivity contribution in [2.24, 2.45) is 4.99 Å². The first-order valence-corrected chi connectivity index (χ1v) is 10.3. The van der Waals surface area contributed by atoms with Gasteiger partial charge in [-0.2, -0.15) is 0 Å². The molecule has 3 N–H and O–H groups in total. The molecule has 0 aliphatic heterocycles. The maximum absolute atomic E-state index is 12.7. The summed E-state index contributed by atoms with van der Waals surface area (Å²) in [5.41, 5.74) is 5.12.